The maximum absolute atomic E-state index is 7.63. The Labute approximate surface area is 122 Å². The molecule has 3 N–H and O–H groups in total. The van der Waals surface area contributed by atoms with Gasteiger partial charge in [-0.05, 0) is 36.8 Å². The molecule has 0 bridgehead atoms. The second kappa shape index (κ2) is 5.25. The third kappa shape index (κ3) is 2.69. The molecule has 0 aliphatic heterocycles. The SMILES string of the molecule is Cc1ccc(C(=N)N)c(Oc2cnc3ccccc3c2)c1. The monoisotopic (exact) mass is 277 g/mol. The zero-order chi connectivity index (χ0) is 14.8. The van der Waals surface area contributed by atoms with Gasteiger partial charge in [0.25, 0.3) is 0 Å². The molecule has 0 unspecified atom stereocenters. The first kappa shape index (κ1) is 13.1. The molecule has 2 aromatic carbocycles. The summed E-state index contributed by atoms with van der Waals surface area (Å²) < 4.78 is 5.88. The van der Waals surface area contributed by atoms with Gasteiger partial charge in [0.05, 0.1) is 17.3 Å². The molecule has 1 aromatic heterocycles. The van der Waals surface area contributed by atoms with E-state index in [4.69, 9.17) is 15.9 Å². The lowest BCUT2D eigenvalue weighted by atomic mass is 10.1. The summed E-state index contributed by atoms with van der Waals surface area (Å²) in [4.78, 5) is 4.36. The lowest BCUT2D eigenvalue weighted by Gasteiger charge is -2.11. The molecule has 0 aliphatic carbocycles. The maximum Gasteiger partial charge on any atom is 0.146 e. The first-order valence-electron chi connectivity index (χ1n) is 6.61. The average molecular weight is 277 g/mol. The van der Waals surface area contributed by atoms with Crippen molar-refractivity contribution in [2.75, 3.05) is 0 Å². The second-order valence-electron chi connectivity index (χ2n) is 4.88. The predicted molar refractivity (Wildman–Crippen MR) is 84.0 cm³/mol. The Balaban J connectivity index is 2.02. The number of pyridine rings is 1. The molecule has 21 heavy (non-hydrogen) atoms. The molecule has 0 fully saturated rings. The molecule has 4 heteroatoms. The van der Waals surface area contributed by atoms with Gasteiger partial charge in [-0.1, -0.05) is 24.3 Å². The van der Waals surface area contributed by atoms with Crippen molar-refractivity contribution in [1.29, 1.82) is 5.41 Å². The zero-order valence-corrected chi connectivity index (χ0v) is 11.6. The van der Waals surface area contributed by atoms with E-state index in [-0.39, 0.29) is 5.84 Å². The molecule has 0 saturated carbocycles. The quantitative estimate of drug-likeness (QED) is 0.567. The van der Waals surface area contributed by atoms with Gasteiger partial charge in [-0.25, -0.2) is 0 Å². The van der Waals surface area contributed by atoms with Gasteiger partial charge in [-0.15, -0.1) is 0 Å². The van der Waals surface area contributed by atoms with Crippen LogP contribution in [0.1, 0.15) is 11.1 Å². The highest BCUT2D eigenvalue weighted by molar-refractivity contribution is 5.97. The first-order valence-corrected chi connectivity index (χ1v) is 6.61. The summed E-state index contributed by atoms with van der Waals surface area (Å²) in [5.41, 5.74) is 8.14. The number of hydrogen-bond donors (Lipinski definition) is 2. The summed E-state index contributed by atoms with van der Waals surface area (Å²) >= 11 is 0. The summed E-state index contributed by atoms with van der Waals surface area (Å²) in [5.74, 6) is 1.18. The highest BCUT2D eigenvalue weighted by Gasteiger charge is 2.09. The number of nitrogens with one attached hydrogen (secondary N) is 1. The van der Waals surface area contributed by atoms with Gasteiger partial charge in [0.15, 0.2) is 0 Å². The molecule has 0 atom stereocenters. The number of nitrogens with zero attached hydrogens (tertiary/aromatic N) is 1. The molecular weight excluding hydrogens is 262 g/mol. The van der Waals surface area contributed by atoms with Gasteiger partial charge in [0.2, 0.25) is 0 Å². The van der Waals surface area contributed by atoms with Crippen molar-refractivity contribution in [2.45, 2.75) is 6.92 Å². The first-order chi connectivity index (χ1) is 10.1. The van der Waals surface area contributed by atoms with E-state index in [9.17, 15) is 0 Å². The molecule has 3 aromatic rings. The Morgan fingerprint density at radius 2 is 1.95 bits per heavy atom. The fourth-order valence-electron chi connectivity index (χ4n) is 2.17. The van der Waals surface area contributed by atoms with Crippen LogP contribution in [0.15, 0.2) is 54.7 Å². The van der Waals surface area contributed by atoms with Gasteiger partial charge in [-0.3, -0.25) is 10.4 Å². The van der Waals surface area contributed by atoms with Crippen molar-refractivity contribution in [2.24, 2.45) is 5.73 Å². The van der Waals surface area contributed by atoms with Crippen LogP contribution < -0.4 is 10.5 Å². The van der Waals surface area contributed by atoms with Crippen molar-refractivity contribution >= 4 is 16.7 Å². The smallest absolute Gasteiger partial charge is 0.146 e. The normalized spacial score (nSPS) is 10.5. The van der Waals surface area contributed by atoms with Crippen LogP contribution in [0.5, 0.6) is 11.5 Å². The Morgan fingerprint density at radius 3 is 2.76 bits per heavy atom. The Hall–Kier alpha value is -2.88. The Bertz CT molecular complexity index is 827. The number of benzene rings is 2. The maximum atomic E-state index is 7.63. The molecule has 0 spiro atoms. The summed E-state index contributed by atoms with van der Waals surface area (Å²) in [6, 6.07) is 15.3. The van der Waals surface area contributed by atoms with E-state index in [1.807, 2.05) is 49.4 Å². The lowest BCUT2D eigenvalue weighted by molar-refractivity contribution is 0.480. The molecule has 0 radical (unpaired) electrons. The largest absolute Gasteiger partial charge is 0.455 e. The number of aromatic nitrogens is 1. The van der Waals surface area contributed by atoms with E-state index >= 15 is 0 Å². The number of fused-ring (bicyclic) bond motifs is 1. The van der Waals surface area contributed by atoms with Crippen molar-refractivity contribution in [3.05, 3.63) is 65.9 Å². The van der Waals surface area contributed by atoms with Gasteiger partial charge in [-0.2, -0.15) is 0 Å². The van der Waals surface area contributed by atoms with Gasteiger partial charge in [0, 0.05) is 5.39 Å². The molecule has 104 valence electrons. The fourth-order valence-corrected chi connectivity index (χ4v) is 2.17. The van der Waals surface area contributed by atoms with E-state index in [2.05, 4.69) is 4.98 Å². The molecular formula is C17H15N3O. The van der Waals surface area contributed by atoms with E-state index in [0.29, 0.717) is 17.1 Å². The minimum Gasteiger partial charge on any atom is -0.455 e. The molecule has 1 heterocycles. The number of para-hydroxylation sites is 1. The molecule has 0 amide bonds. The summed E-state index contributed by atoms with van der Waals surface area (Å²) in [7, 11) is 0. The van der Waals surface area contributed by atoms with Crippen LogP contribution in [0, 0.1) is 12.3 Å². The van der Waals surface area contributed by atoms with Crippen LogP contribution in [-0.4, -0.2) is 10.8 Å². The number of rotatable bonds is 3. The number of aryl methyl sites for hydroxylation is 1. The fraction of sp³-hybridized carbons (Fsp3) is 0.0588. The standard InChI is InChI=1S/C17H15N3O/c1-11-6-7-14(17(18)19)16(8-11)21-13-9-12-4-2-3-5-15(12)20-10-13/h2-10H,1H3,(H3,18,19). The van der Waals surface area contributed by atoms with E-state index in [1.165, 1.54) is 0 Å². The number of hydrogen-bond acceptors (Lipinski definition) is 3. The lowest BCUT2D eigenvalue weighted by Crippen LogP contribution is -2.12. The summed E-state index contributed by atoms with van der Waals surface area (Å²) in [5, 5.41) is 8.63. The predicted octanol–water partition coefficient (Wildman–Crippen LogP) is 3.62. The number of nitrogens with two attached hydrogens (primary N) is 1. The van der Waals surface area contributed by atoms with Crippen molar-refractivity contribution in [3.63, 3.8) is 0 Å². The highest BCUT2D eigenvalue weighted by Crippen LogP contribution is 2.27. The summed E-state index contributed by atoms with van der Waals surface area (Å²) in [6.07, 6.45) is 1.68. The van der Waals surface area contributed by atoms with Crippen molar-refractivity contribution in [3.8, 4) is 11.5 Å². The van der Waals surface area contributed by atoms with Crippen LogP contribution in [0.4, 0.5) is 0 Å². The highest BCUT2D eigenvalue weighted by atomic mass is 16.5. The molecule has 4 nitrogen and oxygen atoms in total. The summed E-state index contributed by atoms with van der Waals surface area (Å²) in [6.45, 7) is 1.97. The molecule has 3 rings (SSSR count). The minimum absolute atomic E-state index is 0.0150. The Morgan fingerprint density at radius 1 is 1.14 bits per heavy atom. The van der Waals surface area contributed by atoms with Crippen LogP contribution in [0.2, 0.25) is 0 Å². The second-order valence-corrected chi connectivity index (χ2v) is 4.88. The third-order valence-corrected chi connectivity index (χ3v) is 3.22. The number of ether oxygens (including phenoxy) is 1. The topological polar surface area (TPSA) is 72.0 Å². The van der Waals surface area contributed by atoms with Crippen molar-refractivity contribution < 1.29 is 4.74 Å². The molecule has 0 aliphatic rings. The van der Waals surface area contributed by atoms with Gasteiger partial charge in [0.1, 0.15) is 17.3 Å². The van der Waals surface area contributed by atoms with Crippen molar-refractivity contribution in [1.82, 2.24) is 4.98 Å². The van der Waals surface area contributed by atoms with Gasteiger partial charge >= 0.3 is 0 Å². The number of amidine groups is 1. The average Bonchev–Trinajstić information content (AvgIpc) is 2.47. The van der Waals surface area contributed by atoms with E-state index in [0.717, 1.165) is 16.5 Å². The van der Waals surface area contributed by atoms with E-state index in [1.54, 1.807) is 12.3 Å². The van der Waals surface area contributed by atoms with Gasteiger partial charge < -0.3 is 10.5 Å². The third-order valence-electron chi connectivity index (χ3n) is 3.22. The van der Waals surface area contributed by atoms with Crippen LogP contribution in [0.3, 0.4) is 0 Å². The van der Waals surface area contributed by atoms with Crippen LogP contribution in [-0.2, 0) is 0 Å². The zero-order valence-electron chi connectivity index (χ0n) is 11.6. The molecule has 0 saturated heterocycles. The van der Waals surface area contributed by atoms with Crippen LogP contribution >= 0.6 is 0 Å². The Kier molecular flexibility index (Phi) is 3.28. The number of nitrogen functional groups attached to an aromatic ring is 1. The van der Waals surface area contributed by atoms with Crippen LogP contribution in [0.25, 0.3) is 10.9 Å². The van der Waals surface area contributed by atoms with E-state index < -0.39 is 0 Å². The minimum atomic E-state index is -0.0150.